The summed E-state index contributed by atoms with van der Waals surface area (Å²) in [7, 11) is -2.89. The fourth-order valence-corrected chi connectivity index (χ4v) is 6.54. The molecule has 0 bridgehead atoms. The average molecular weight is 554 g/mol. The van der Waals surface area contributed by atoms with Crippen molar-refractivity contribution in [2.24, 2.45) is 5.73 Å². The minimum atomic E-state index is -4.71. The van der Waals surface area contributed by atoms with Crippen molar-refractivity contribution in [2.45, 2.75) is 40.3 Å². The van der Waals surface area contributed by atoms with Crippen LogP contribution in [0.25, 0.3) is 0 Å². The minimum absolute atomic E-state index is 0.0211. The van der Waals surface area contributed by atoms with Crippen molar-refractivity contribution < 1.29 is 39.9 Å². The topological polar surface area (TPSA) is 111 Å². The van der Waals surface area contributed by atoms with Crippen LogP contribution in [0.4, 0.5) is 27.6 Å². The van der Waals surface area contributed by atoms with E-state index in [1.807, 2.05) is 0 Å². The maximum absolute atomic E-state index is 14.4. The largest absolute Gasteiger partial charge is 0.493 e. The van der Waals surface area contributed by atoms with Gasteiger partial charge in [0.25, 0.3) is 0 Å². The Kier molecular flexibility index (Phi) is 8.23. The number of carbonyl (C=O) groups excluding carboxylic acids is 1. The summed E-state index contributed by atoms with van der Waals surface area (Å²) in [6.45, 7) is 0.966. The van der Waals surface area contributed by atoms with E-state index >= 15 is 0 Å². The molecule has 1 aliphatic heterocycles. The summed E-state index contributed by atoms with van der Waals surface area (Å²) in [6, 6.07) is 7.00. The number of benzene rings is 2. The first-order valence-corrected chi connectivity index (χ1v) is 13.0. The van der Waals surface area contributed by atoms with E-state index in [0.717, 1.165) is 32.2 Å². The van der Waals surface area contributed by atoms with Crippen molar-refractivity contribution in [3.63, 3.8) is 0 Å². The lowest BCUT2D eigenvalue weighted by Crippen LogP contribution is -2.37. The van der Waals surface area contributed by atoms with Gasteiger partial charge in [-0.2, -0.15) is 17.6 Å². The van der Waals surface area contributed by atoms with Gasteiger partial charge in [-0.15, -0.1) is 11.8 Å². The highest BCUT2D eigenvalue weighted by molar-refractivity contribution is 8.02. The molecule has 0 aromatic heterocycles. The van der Waals surface area contributed by atoms with E-state index < -0.39 is 61.8 Å². The van der Waals surface area contributed by atoms with Gasteiger partial charge in [0.05, 0.1) is 17.3 Å². The Morgan fingerprint density at radius 2 is 1.94 bits per heavy atom. The van der Waals surface area contributed by atoms with Gasteiger partial charge in [0.2, 0.25) is 21.7 Å². The van der Waals surface area contributed by atoms with E-state index in [1.165, 1.54) is 18.2 Å². The van der Waals surface area contributed by atoms with E-state index in [0.29, 0.717) is 11.8 Å². The van der Waals surface area contributed by atoms with Crippen molar-refractivity contribution in [1.29, 1.82) is 0 Å². The second-order valence-electron chi connectivity index (χ2n) is 8.27. The Hall–Kier alpha value is -2.42. The summed E-state index contributed by atoms with van der Waals surface area (Å²) >= 11 is 0.347. The summed E-state index contributed by atoms with van der Waals surface area (Å²) in [5.41, 5.74) is 5.25. The fourth-order valence-electron chi connectivity index (χ4n) is 3.91. The lowest BCUT2D eigenvalue weighted by molar-refractivity contribution is -0.155. The predicted octanol–water partition coefficient (Wildman–Crippen LogP) is 3.76. The van der Waals surface area contributed by atoms with Crippen LogP contribution < -0.4 is 20.5 Å². The number of hydrogen-bond acceptors (Lipinski definition) is 6. The fraction of sp³-hybridized carbons (Fsp3) is 0.409. The smallest absolute Gasteiger partial charge is 0.403 e. The van der Waals surface area contributed by atoms with Gasteiger partial charge in [-0.05, 0) is 37.6 Å². The van der Waals surface area contributed by atoms with Gasteiger partial charge in [0, 0.05) is 30.3 Å². The van der Waals surface area contributed by atoms with Crippen molar-refractivity contribution in [2.75, 3.05) is 25.5 Å². The van der Waals surface area contributed by atoms with Gasteiger partial charge in [0.1, 0.15) is 4.75 Å². The first-order valence-electron chi connectivity index (χ1n) is 10.6. The highest BCUT2D eigenvalue weighted by Gasteiger charge is 2.60. The molecule has 2 aromatic carbocycles. The number of amides is 1. The first-order chi connectivity index (χ1) is 16.7. The summed E-state index contributed by atoms with van der Waals surface area (Å²) in [5, 5.41) is 1.07. The number of alkyl halides is 3. The van der Waals surface area contributed by atoms with E-state index in [9.17, 15) is 35.2 Å². The van der Waals surface area contributed by atoms with Crippen molar-refractivity contribution in [3.05, 3.63) is 53.6 Å². The molecule has 3 rings (SSSR count). The summed E-state index contributed by atoms with van der Waals surface area (Å²) in [6.07, 6.45) is -5.31. The van der Waals surface area contributed by atoms with Gasteiger partial charge >= 0.3 is 6.18 Å². The molecule has 1 heterocycles. The maximum atomic E-state index is 14.4. The monoisotopic (exact) mass is 553 g/mol. The van der Waals surface area contributed by atoms with Crippen molar-refractivity contribution in [1.82, 2.24) is 4.72 Å². The highest BCUT2D eigenvalue weighted by atomic mass is 32.2. The first kappa shape index (κ1) is 28.2. The number of rotatable bonds is 8. The van der Waals surface area contributed by atoms with Crippen molar-refractivity contribution in [3.8, 4) is 5.75 Å². The molecule has 14 heteroatoms. The predicted molar refractivity (Wildman–Crippen MR) is 125 cm³/mol. The van der Waals surface area contributed by atoms with Crippen LogP contribution in [0.15, 0.2) is 41.3 Å². The molecule has 1 fully saturated rings. The highest BCUT2D eigenvalue weighted by Crippen LogP contribution is 2.59. The van der Waals surface area contributed by atoms with E-state index in [-0.39, 0.29) is 29.2 Å². The number of ether oxygens (including phenoxy) is 1. The zero-order valence-electron chi connectivity index (χ0n) is 19.2. The zero-order chi connectivity index (χ0) is 26.9. The van der Waals surface area contributed by atoms with Crippen LogP contribution in [-0.2, 0) is 14.8 Å². The second-order valence-corrected chi connectivity index (χ2v) is 11.7. The Morgan fingerprint density at radius 1 is 1.25 bits per heavy atom. The SMILES string of the molecule is COc1c([C@@H]2C[C@](C)(C(F)(F)F)S[C@H]2C(=O)Nc2cccc(S(=O)(=O)NCCN)c2)ccc(F)c1F. The zero-order valence-corrected chi connectivity index (χ0v) is 20.8. The van der Waals surface area contributed by atoms with E-state index in [1.54, 1.807) is 0 Å². The number of nitrogens with two attached hydrogens (primary N) is 1. The average Bonchev–Trinajstić information content (AvgIpc) is 3.18. The second kappa shape index (κ2) is 10.5. The summed E-state index contributed by atoms with van der Waals surface area (Å²) in [4.78, 5) is 13.0. The van der Waals surface area contributed by atoms with Gasteiger partial charge in [-0.1, -0.05) is 12.1 Å². The molecule has 1 aliphatic rings. The molecule has 3 atom stereocenters. The number of sulfonamides is 1. The Bertz CT molecular complexity index is 1240. The van der Waals surface area contributed by atoms with Gasteiger partial charge in [-0.25, -0.2) is 17.5 Å². The molecule has 4 N–H and O–H groups in total. The molecule has 0 unspecified atom stereocenters. The molecular formula is C22H24F5N3O4S2. The maximum Gasteiger partial charge on any atom is 0.403 e. The van der Waals surface area contributed by atoms with Crippen LogP contribution in [0.2, 0.25) is 0 Å². The number of nitrogens with one attached hydrogen (secondary N) is 2. The number of hydrogen-bond donors (Lipinski definition) is 3. The van der Waals surface area contributed by atoms with Crippen LogP contribution in [0.5, 0.6) is 5.75 Å². The molecule has 0 radical (unpaired) electrons. The molecule has 7 nitrogen and oxygen atoms in total. The third-order valence-corrected chi connectivity index (χ3v) is 8.93. The molecule has 36 heavy (non-hydrogen) atoms. The number of anilines is 1. The van der Waals surface area contributed by atoms with Crippen LogP contribution in [0, 0.1) is 11.6 Å². The number of carbonyl (C=O) groups is 1. The third-order valence-electron chi connectivity index (χ3n) is 5.75. The van der Waals surface area contributed by atoms with E-state index in [2.05, 4.69) is 10.0 Å². The molecular weight excluding hydrogens is 529 g/mol. The third kappa shape index (κ3) is 5.61. The number of methoxy groups -OCH3 is 1. The van der Waals surface area contributed by atoms with Crippen LogP contribution in [0.3, 0.4) is 0 Å². The molecule has 2 aromatic rings. The molecule has 1 saturated heterocycles. The lowest BCUT2D eigenvalue weighted by atomic mass is 9.85. The number of halogens is 5. The van der Waals surface area contributed by atoms with E-state index in [4.69, 9.17) is 10.5 Å². The minimum Gasteiger partial charge on any atom is -0.493 e. The Balaban J connectivity index is 1.97. The summed E-state index contributed by atoms with van der Waals surface area (Å²) < 4.78 is 99.4. The molecule has 0 spiro atoms. The Morgan fingerprint density at radius 3 is 2.56 bits per heavy atom. The quantitative estimate of drug-likeness (QED) is 0.430. The number of thioether (sulfide) groups is 1. The van der Waals surface area contributed by atoms with Gasteiger partial charge in [0.15, 0.2) is 11.6 Å². The van der Waals surface area contributed by atoms with Crippen LogP contribution in [0.1, 0.15) is 24.8 Å². The van der Waals surface area contributed by atoms with Gasteiger partial charge < -0.3 is 15.8 Å². The van der Waals surface area contributed by atoms with Crippen LogP contribution >= 0.6 is 11.8 Å². The summed E-state index contributed by atoms with van der Waals surface area (Å²) in [5.74, 6) is -5.26. The normalized spacial score (nSPS) is 22.4. The standard InChI is InChI=1S/C22H24F5N3O4S2/c1-21(22(25,26)27)11-15(14-6-7-16(23)17(24)18(14)34-2)19(35-21)20(31)30-12-4-3-5-13(10-12)36(32,33)29-9-8-28/h3-7,10,15,19,29H,8-9,11,28H2,1-2H3,(H,30,31)/t15-,19+,21+/m0/s1. The Labute approximate surface area is 209 Å². The van der Waals surface area contributed by atoms with Gasteiger partial charge in [-0.3, -0.25) is 4.79 Å². The molecule has 198 valence electrons. The van der Waals surface area contributed by atoms with Crippen LogP contribution in [-0.4, -0.2) is 50.7 Å². The molecule has 0 saturated carbocycles. The molecule has 1 amide bonds. The molecule has 0 aliphatic carbocycles. The lowest BCUT2D eigenvalue weighted by Gasteiger charge is -2.26. The van der Waals surface area contributed by atoms with Crippen molar-refractivity contribution >= 4 is 33.4 Å².